The number of carbonyl (C=O) groups is 1. The first-order chi connectivity index (χ1) is 12.5. The van der Waals surface area contributed by atoms with Crippen LogP contribution in [0.25, 0.3) is 21.3 Å². The average Bonchev–Trinajstić information content (AvgIpc) is 3.20. The molecule has 130 valence electrons. The van der Waals surface area contributed by atoms with Gasteiger partial charge in [0.2, 0.25) is 5.88 Å². The summed E-state index contributed by atoms with van der Waals surface area (Å²) in [5.41, 5.74) is 2.28. The lowest BCUT2D eigenvalue weighted by atomic mass is 10.1. The topological polar surface area (TPSA) is 55.1 Å². The molecular formula is C19H12ClFN2O2S. The van der Waals surface area contributed by atoms with Crippen molar-refractivity contribution in [3.8, 4) is 11.3 Å². The van der Waals surface area contributed by atoms with E-state index >= 15 is 0 Å². The molecular weight excluding hydrogens is 375 g/mol. The van der Waals surface area contributed by atoms with Gasteiger partial charge in [0.1, 0.15) is 16.4 Å². The van der Waals surface area contributed by atoms with E-state index in [0.29, 0.717) is 21.2 Å². The van der Waals surface area contributed by atoms with Gasteiger partial charge in [-0.05, 0) is 42.8 Å². The summed E-state index contributed by atoms with van der Waals surface area (Å²) in [7, 11) is 0. The van der Waals surface area contributed by atoms with Gasteiger partial charge >= 0.3 is 0 Å². The Balaban J connectivity index is 1.59. The Morgan fingerprint density at radius 3 is 2.73 bits per heavy atom. The van der Waals surface area contributed by atoms with Gasteiger partial charge < -0.3 is 4.52 Å². The Morgan fingerprint density at radius 1 is 1.19 bits per heavy atom. The molecule has 2 heterocycles. The second kappa shape index (κ2) is 6.55. The number of amides is 1. The van der Waals surface area contributed by atoms with Gasteiger partial charge in [0.05, 0.1) is 5.02 Å². The number of benzene rings is 2. The number of hydrogen-bond acceptors (Lipinski definition) is 4. The summed E-state index contributed by atoms with van der Waals surface area (Å²) < 4.78 is 19.1. The van der Waals surface area contributed by atoms with Gasteiger partial charge in [-0.25, -0.2) is 4.39 Å². The molecule has 2 aromatic carbocycles. The minimum absolute atomic E-state index is 0.194. The second-order valence-electron chi connectivity index (χ2n) is 5.78. The highest BCUT2D eigenvalue weighted by atomic mass is 35.5. The van der Waals surface area contributed by atoms with Crippen LogP contribution in [0.5, 0.6) is 0 Å². The van der Waals surface area contributed by atoms with Crippen LogP contribution < -0.4 is 5.32 Å². The zero-order valence-corrected chi connectivity index (χ0v) is 15.1. The maximum Gasteiger partial charge on any atom is 0.269 e. The number of thiophene rings is 1. The lowest BCUT2D eigenvalue weighted by Gasteiger charge is -1.98. The number of nitrogens with zero attached hydrogens (tertiary/aromatic N) is 1. The molecule has 4 rings (SSSR count). The van der Waals surface area contributed by atoms with E-state index in [-0.39, 0.29) is 17.6 Å². The van der Waals surface area contributed by atoms with Crippen LogP contribution in [0.2, 0.25) is 5.02 Å². The number of aromatic nitrogens is 1. The third kappa shape index (κ3) is 3.09. The molecule has 4 aromatic rings. The third-order valence-corrected chi connectivity index (χ3v) is 5.53. The van der Waals surface area contributed by atoms with Crippen LogP contribution in [0.1, 0.15) is 15.2 Å². The summed E-state index contributed by atoms with van der Waals surface area (Å²) in [6, 6.07) is 13.3. The molecule has 0 saturated carbocycles. The molecule has 0 fully saturated rings. The summed E-state index contributed by atoms with van der Waals surface area (Å²) >= 11 is 7.68. The van der Waals surface area contributed by atoms with Crippen molar-refractivity contribution in [2.75, 3.05) is 5.32 Å². The predicted octanol–water partition coefficient (Wildman–Crippen LogP) is 5.91. The van der Waals surface area contributed by atoms with E-state index in [1.165, 1.54) is 23.5 Å². The van der Waals surface area contributed by atoms with Crippen molar-refractivity contribution in [2.24, 2.45) is 0 Å². The summed E-state index contributed by atoms with van der Waals surface area (Å²) in [6.45, 7) is 1.98. The Hall–Kier alpha value is -2.70. The van der Waals surface area contributed by atoms with E-state index in [1.807, 2.05) is 25.1 Å². The smallest absolute Gasteiger partial charge is 0.269 e. The van der Waals surface area contributed by atoms with E-state index in [4.69, 9.17) is 16.1 Å². The molecule has 0 saturated heterocycles. The van der Waals surface area contributed by atoms with Crippen molar-refractivity contribution < 1.29 is 13.7 Å². The maximum absolute atomic E-state index is 13.0. The molecule has 0 spiro atoms. The van der Waals surface area contributed by atoms with Gasteiger partial charge in [-0.1, -0.05) is 28.9 Å². The molecule has 0 aliphatic carbocycles. The largest absolute Gasteiger partial charge is 0.338 e. The second-order valence-corrected chi connectivity index (χ2v) is 7.21. The van der Waals surface area contributed by atoms with Crippen LogP contribution in [-0.2, 0) is 0 Å². The number of rotatable bonds is 3. The fraction of sp³-hybridized carbons (Fsp3) is 0.0526. The zero-order chi connectivity index (χ0) is 18.3. The van der Waals surface area contributed by atoms with Crippen LogP contribution in [-0.4, -0.2) is 11.1 Å². The number of carbonyl (C=O) groups excluding carboxylic acids is 1. The summed E-state index contributed by atoms with van der Waals surface area (Å²) in [4.78, 5) is 13.0. The van der Waals surface area contributed by atoms with E-state index in [1.54, 1.807) is 18.2 Å². The Kier molecular flexibility index (Phi) is 4.22. The Morgan fingerprint density at radius 2 is 1.96 bits per heavy atom. The lowest BCUT2D eigenvalue weighted by Crippen LogP contribution is -2.09. The third-order valence-electron chi connectivity index (χ3n) is 3.88. The monoisotopic (exact) mass is 386 g/mol. The molecule has 0 atom stereocenters. The number of anilines is 1. The molecule has 26 heavy (non-hydrogen) atoms. The molecule has 1 amide bonds. The van der Waals surface area contributed by atoms with Crippen molar-refractivity contribution in [3.05, 3.63) is 69.8 Å². The van der Waals surface area contributed by atoms with Crippen molar-refractivity contribution in [1.82, 2.24) is 5.16 Å². The summed E-state index contributed by atoms with van der Waals surface area (Å²) in [5.74, 6) is -0.505. The van der Waals surface area contributed by atoms with Crippen molar-refractivity contribution in [3.63, 3.8) is 0 Å². The first kappa shape index (κ1) is 16.8. The summed E-state index contributed by atoms with van der Waals surface area (Å²) in [6.07, 6.45) is 0. The number of aryl methyl sites for hydroxylation is 1. The first-order valence-corrected chi connectivity index (χ1v) is 8.93. The van der Waals surface area contributed by atoms with Crippen molar-refractivity contribution >= 4 is 44.8 Å². The van der Waals surface area contributed by atoms with Gasteiger partial charge in [0, 0.05) is 21.7 Å². The average molecular weight is 387 g/mol. The van der Waals surface area contributed by atoms with Crippen LogP contribution in [0, 0.1) is 12.7 Å². The molecule has 4 nitrogen and oxygen atoms in total. The molecule has 0 radical (unpaired) electrons. The molecule has 2 aromatic heterocycles. The van der Waals surface area contributed by atoms with Gasteiger partial charge in [-0.15, -0.1) is 11.3 Å². The highest BCUT2D eigenvalue weighted by molar-refractivity contribution is 7.21. The minimum Gasteiger partial charge on any atom is -0.338 e. The molecule has 0 aliphatic heterocycles. The highest BCUT2D eigenvalue weighted by Crippen LogP contribution is 2.36. The SMILES string of the molecule is Cc1ccc2c(Cl)c(C(=O)Nc3cc(-c4ccc(F)cc4)no3)sc2c1. The van der Waals surface area contributed by atoms with Crippen LogP contribution in [0.3, 0.4) is 0 Å². The van der Waals surface area contributed by atoms with Crippen molar-refractivity contribution in [1.29, 1.82) is 0 Å². The van der Waals surface area contributed by atoms with E-state index < -0.39 is 0 Å². The Labute approximate surface area is 157 Å². The van der Waals surface area contributed by atoms with E-state index in [9.17, 15) is 9.18 Å². The van der Waals surface area contributed by atoms with Crippen molar-refractivity contribution in [2.45, 2.75) is 6.92 Å². The fourth-order valence-electron chi connectivity index (χ4n) is 2.58. The summed E-state index contributed by atoms with van der Waals surface area (Å²) in [5, 5.41) is 7.82. The van der Waals surface area contributed by atoms with Crippen LogP contribution >= 0.6 is 22.9 Å². The predicted molar refractivity (Wildman–Crippen MR) is 101 cm³/mol. The highest BCUT2D eigenvalue weighted by Gasteiger charge is 2.19. The normalized spacial score (nSPS) is 11.0. The zero-order valence-electron chi connectivity index (χ0n) is 13.5. The quantitative estimate of drug-likeness (QED) is 0.476. The number of nitrogens with one attached hydrogen (secondary N) is 1. The van der Waals surface area contributed by atoms with E-state index in [0.717, 1.165) is 15.6 Å². The number of fused-ring (bicyclic) bond motifs is 1. The van der Waals surface area contributed by atoms with Gasteiger partial charge in [0.25, 0.3) is 5.91 Å². The van der Waals surface area contributed by atoms with E-state index in [2.05, 4.69) is 10.5 Å². The van der Waals surface area contributed by atoms with Gasteiger partial charge in [-0.3, -0.25) is 10.1 Å². The first-order valence-electron chi connectivity index (χ1n) is 7.74. The van der Waals surface area contributed by atoms with Gasteiger partial charge in [-0.2, -0.15) is 0 Å². The van der Waals surface area contributed by atoms with Crippen LogP contribution in [0.4, 0.5) is 10.3 Å². The number of halogens is 2. The Bertz CT molecular complexity index is 1120. The molecule has 0 aliphatic rings. The van der Waals surface area contributed by atoms with Gasteiger partial charge in [0.15, 0.2) is 0 Å². The molecule has 7 heteroatoms. The molecule has 0 unspecified atom stereocenters. The number of hydrogen-bond donors (Lipinski definition) is 1. The minimum atomic E-state index is -0.365. The van der Waals surface area contributed by atoms with Crippen LogP contribution in [0.15, 0.2) is 53.1 Å². The molecule has 1 N–H and O–H groups in total. The fourth-order valence-corrected chi connectivity index (χ4v) is 4.09. The maximum atomic E-state index is 13.0. The lowest BCUT2D eigenvalue weighted by molar-refractivity contribution is 0.102. The standard InChI is InChI=1S/C19H12ClFN2O2S/c1-10-2-7-13-15(8-10)26-18(17(13)20)19(24)22-16-9-14(23-25-16)11-3-5-12(21)6-4-11/h2-9H,1H3,(H,22,24). The molecule has 0 bridgehead atoms.